The Kier molecular flexibility index (Phi) is 8.94. The summed E-state index contributed by atoms with van der Waals surface area (Å²) in [7, 11) is 1.62. The SMILES string of the molecule is C=C/C=C(C=O)\C=C/C(C)OC.NC(=O)C1Oc2cc(-c3ccccc3)ccc2C1N. The van der Waals surface area contributed by atoms with Crippen molar-refractivity contribution in [1.82, 2.24) is 0 Å². The van der Waals surface area contributed by atoms with Gasteiger partial charge >= 0.3 is 0 Å². The Labute approximate surface area is 182 Å². The number of benzene rings is 2. The molecule has 0 fully saturated rings. The molecule has 6 nitrogen and oxygen atoms in total. The summed E-state index contributed by atoms with van der Waals surface area (Å²) in [6.07, 6.45) is 6.77. The van der Waals surface area contributed by atoms with Gasteiger partial charge in [-0.05, 0) is 24.1 Å². The van der Waals surface area contributed by atoms with Crippen molar-refractivity contribution in [2.24, 2.45) is 11.5 Å². The fraction of sp³-hybridized carbons (Fsp3) is 0.200. The first-order valence-electron chi connectivity index (χ1n) is 9.81. The minimum atomic E-state index is -0.777. The van der Waals surface area contributed by atoms with Crippen LogP contribution in [0.5, 0.6) is 5.75 Å². The predicted molar refractivity (Wildman–Crippen MR) is 122 cm³/mol. The molecule has 6 heteroatoms. The van der Waals surface area contributed by atoms with Gasteiger partial charge in [-0.15, -0.1) is 0 Å². The van der Waals surface area contributed by atoms with Crippen molar-refractivity contribution in [1.29, 1.82) is 0 Å². The minimum Gasteiger partial charge on any atom is -0.478 e. The third-order valence-electron chi connectivity index (χ3n) is 4.72. The van der Waals surface area contributed by atoms with E-state index in [2.05, 4.69) is 6.58 Å². The molecule has 1 aliphatic rings. The van der Waals surface area contributed by atoms with Gasteiger partial charge in [0.2, 0.25) is 0 Å². The summed E-state index contributed by atoms with van der Waals surface area (Å²) in [6, 6.07) is 15.2. The Morgan fingerprint density at radius 2 is 1.90 bits per heavy atom. The van der Waals surface area contributed by atoms with Crippen LogP contribution in [-0.2, 0) is 14.3 Å². The smallest absolute Gasteiger partial charge is 0.260 e. The molecule has 2 aromatic rings. The summed E-state index contributed by atoms with van der Waals surface area (Å²) >= 11 is 0. The number of ether oxygens (including phenoxy) is 2. The van der Waals surface area contributed by atoms with Crippen molar-refractivity contribution in [3.8, 4) is 16.9 Å². The molecule has 0 aliphatic carbocycles. The third kappa shape index (κ3) is 6.50. The molecular weight excluding hydrogens is 392 g/mol. The van der Waals surface area contributed by atoms with E-state index in [9.17, 15) is 9.59 Å². The first kappa shape index (κ1) is 23.8. The lowest BCUT2D eigenvalue weighted by atomic mass is 9.99. The van der Waals surface area contributed by atoms with E-state index >= 15 is 0 Å². The van der Waals surface area contributed by atoms with Crippen molar-refractivity contribution in [3.63, 3.8) is 0 Å². The highest BCUT2D eigenvalue weighted by atomic mass is 16.5. The normalized spacial score (nSPS) is 18.4. The first-order valence-corrected chi connectivity index (χ1v) is 9.81. The summed E-state index contributed by atoms with van der Waals surface area (Å²) < 4.78 is 10.5. The number of carbonyl (C=O) groups excluding carboxylic acids is 2. The number of methoxy groups -OCH3 is 1. The van der Waals surface area contributed by atoms with E-state index in [1.807, 2.05) is 61.5 Å². The van der Waals surface area contributed by atoms with Crippen molar-refractivity contribution in [2.75, 3.05) is 7.11 Å². The molecule has 0 saturated carbocycles. The lowest BCUT2D eigenvalue weighted by Crippen LogP contribution is -2.38. The van der Waals surface area contributed by atoms with Crippen molar-refractivity contribution in [3.05, 3.63) is 90.6 Å². The Bertz CT molecular complexity index is 967. The van der Waals surface area contributed by atoms with Gasteiger partial charge in [-0.1, -0.05) is 73.3 Å². The summed E-state index contributed by atoms with van der Waals surface area (Å²) in [5.41, 5.74) is 14.8. The fourth-order valence-electron chi connectivity index (χ4n) is 2.93. The number of carbonyl (C=O) groups is 2. The molecule has 162 valence electrons. The van der Waals surface area contributed by atoms with Crippen LogP contribution < -0.4 is 16.2 Å². The van der Waals surface area contributed by atoms with E-state index in [4.69, 9.17) is 20.9 Å². The second-order valence-corrected chi connectivity index (χ2v) is 6.91. The number of aldehydes is 1. The van der Waals surface area contributed by atoms with Crippen LogP contribution in [0.1, 0.15) is 18.5 Å². The van der Waals surface area contributed by atoms with Crippen molar-refractivity contribution < 1.29 is 19.1 Å². The van der Waals surface area contributed by atoms with E-state index in [1.54, 1.807) is 25.3 Å². The van der Waals surface area contributed by atoms with Gasteiger partial charge in [0.25, 0.3) is 5.91 Å². The number of amides is 1. The maximum absolute atomic E-state index is 11.3. The van der Waals surface area contributed by atoms with Gasteiger partial charge in [0.05, 0.1) is 12.1 Å². The molecule has 0 spiro atoms. The number of fused-ring (bicyclic) bond motifs is 1. The number of primary amides is 1. The monoisotopic (exact) mass is 420 g/mol. The maximum Gasteiger partial charge on any atom is 0.260 e. The molecule has 3 rings (SSSR count). The quantitative estimate of drug-likeness (QED) is 0.405. The lowest BCUT2D eigenvalue weighted by molar-refractivity contribution is -0.124. The highest BCUT2D eigenvalue weighted by Gasteiger charge is 2.35. The molecular formula is C25H28N2O4. The molecule has 0 bridgehead atoms. The molecule has 4 N–H and O–H groups in total. The molecule has 31 heavy (non-hydrogen) atoms. The fourth-order valence-corrected chi connectivity index (χ4v) is 2.93. The Morgan fingerprint density at radius 3 is 2.48 bits per heavy atom. The van der Waals surface area contributed by atoms with Gasteiger partial charge in [0, 0.05) is 18.2 Å². The highest BCUT2D eigenvalue weighted by Crippen LogP contribution is 2.37. The standard InChI is InChI=1S/C15H14N2O2.C10H14O2/c16-13-11-7-6-10(9-4-2-1-3-5-9)8-12(11)19-14(13)15(17)18;1-4-5-10(8-11)7-6-9(2)12-3/h1-8,13-14H,16H2,(H2,17,18);4-9H,1H2,2-3H3/b;7-6-,10-5+. The molecule has 2 aromatic carbocycles. The summed E-state index contributed by atoms with van der Waals surface area (Å²) in [5, 5.41) is 0. The zero-order valence-electron chi connectivity index (χ0n) is 17.7. The van der Waals surface area contributed by atoms with Crippen LogP contribution in [0.25, 0.3) is 11.1 Å². The van der Waals surface area contributed by atoms with E-state index in [0.717, 1.165) is 23.0 Å². The van der Waals surface area contributed by atoms with Gasteiger partial charge in [-0.3, -0.25) is 9.59 Å². The molecule has 3 atom stereocenters. The first-order chi connectivity index (χ1) is 14.9. The van der Waals surface area contributed by atoms with Gasteiger partial charge in [-0.25, -0.2) is 0 Å². The van der Waals surface area contributed by atoms with E-state index < -0.39 is 18.1 Å². The van der Waals surface area contributed by atoms with Crippen molar-refractivity contribution >= 4 is 12.2 Å². The Hall–Kier alpha value is -3.48. The van der Waals surface area contributed by atoms with Crippen LogP contribution >= 0.6 is 0 Å². The molecule has 1 aliphatic heterocycles. The second kappa shape index (κ2) is 11.6. The second-order valence-electron chi connectivity index (χ2n) is 6.91. The molecule has 0 radical (unpaired) electrons. The van der Waals surface area contributed by atoms with E-state index in [-0.39, 0.29) is 6.10 Å². The minimum absolute atomic E-state index is 0.0261. The number of hydrogen-bond acceptors (Lipinski definition) is 5. The van der Waals surface area contributed by atoms with Crippen LogP contribution in [0.2, 0.25) is 0 Å². The van der Waals surface area contributed by atoms with E-state index in [0.29, 0.717) is 11.3 Å². The topological polar surface area (TPSA) is 105 Å². The van der Waals surface area contributed by atoms with Gasteiger partial charge in [0.1, 0.15) is 12.0 Å². The largest absolute Gasteiger partial charge is 0.478 e. The third-order valence-corrected chi connectivity index (χ3v) is 4.72. The maximum atomic E-state index is 11.3. The van der Waals surface area contributed by atoms with Crippen LogP contribution in [0.4, 0.5) is 0 Å². The van der Waals surface area contributed by atoms with E-state index in [1.165, 1.54) is 0 Å². The number of nitrogens with two attached hydrogens (primary N) is 2. The van der Waals surface area contributed by atoms with Gasteiger partial charge in [-0.2, -0.15) is 0 Å². The lowest BCUT2D eigenvalue weighted by Gasteiger charge is -2.09. The number of hydrogen-bond donors (Lipinski definition) is 2. The average molecular weight is 421 g/mol. The van der Waals surface area contributed by atoms with Crippen LogP contribution in [0.15, 0.2) is 85.0 Å². The molecule has 3 unspecified atom stereocenters. The van der Waals surface area contributed by atoms with Gasteiger partial charge in [0.15, 0.2) is 6.10 Å². The van der Waals surface area contributed by atoms with Crippen molar-refractivity contribution in [2.45, 2.75) is 25.2 Å². The average Bonchev–Trinajstić information content (AvgIpc) is 3.13. The summed E-state index contributed by atoms with van der Waals surface area (Å²) in [6.45, 7) is 5.39. The summed E-state index contributed by atoms with van der Waals surface area (Å²) in [4.78, 5) is 21.6. The number of allylic oxidation sites excluding steroid dienone is 4. The van der Waals surface area contributed by atoms with Gasteiger partial charge < -0.3 is 20.9 Å². The molecule has 0 aromatic heterocycles. The van der Waals surface area contributed by atoms with Crippen LogP contribution in [0, 0.1) is 0 Å². The zero-order valence-corrected chi connectivity index (χ0v) is 17.7. The Balaban J connectivity index is 0.000000248. The van der Waals surface area contributed by atoms with Crippen LogP contribution in [0.3, 0.4) is 0 Å². The molecule has 0 saturated heterocycles. The number of rotatable bonds is 7. The van der Waals surface area contributed by atoms with Crippen LogP contribution in [-0.4, -0.2) is 31.5 Å². The zero-order chi connectivity index (χ0) is 22.8. The predicted octanol–water partition coefficient (Wildman–Crippen LogP) is 3.49. The highest BCUT2D eigenvalue weighted by molar-refractivity contribution is 5.82. The molecule has 1 heterocycles. The summed E-state index contributed by atoms with van der Waals surface area (Å²) in [5.74, 6) is 0.0996. The Morgan fingerprint density at radius 1 is 1.19 bits per heavy atom. The molecule has 1 amide bonds.